The number of alkyl halides is 1. The van der Waals surface area contributed by atoms with E-state index in [1.807, 2.05) is 0 Å². The van der Waals surface area contributed by atoms with Crippen molar-refractivity contribution in [2.45, 2.75) is 115 Å². The van der Waals surface area contributed by atoms with Crippen LogP contribution in [0.4, 0.5) is 0 Å². The molecule has 0 rings (SSSR count). The number of hydrogen-bond donors (Lipinski definition) is 1. The summed E-state index contributed by atoms with van der Waals surface area (Å²) >= 11 is 5.66. The van der Waals surface area contributed by atoms with Crippen LogP contribution in [0.15, 0.2) is 0 Å². The predicted molar refractivity (Wildman–Crippen MR) is 102 cm³/mol. The molecule has 24 heavy (non-hydrogen) atoms. The average molecular weight is 385 g/mol. The Morgan fingerprint density at radius 1 is 0.750 bits per heavy atom. The summed E-state index contributed by atoms with van der Waals surface area (Å²) in [7, 11) is -4.43. The van der Waals surface area contributed by atoms with Crippen LogP contribution in [-0.2, 0) is 14.6 Å². The fraction of sp³-hybridized carbons (Fsp3) is 1.00. The predicted octanol–water partition coefficient (Wildman–Crippen LogP) is 6.63. The van der Waals surface area contributed by atoms with Crippen molar-refractivity contribution < 1.29 is 17.2 Å². The molecule has 1 atom stereocenters. The zero-order valence-electron chi connectivity index (χ0n) is 15.3. The van der Waals surface area contributed by atoms with Crippen LogP contribution in [0.5, 0.6) is 0 Å². The van der Waals surface area contributed by atoms with Gasteiger partial charge in [0, 0.05) is 0 Å². The normalized spacial score (nSPS) is 13.3. The molecule has 1 unspecified atom stereocenters. The van der Waals surface area contributed by atoms with Gasteiger partial charge >= 0.3 is 10.4 Å². The van der Waals surface area contributed by atoms with E-state index in [1.54, 1.807) is 0 Å². The van der Waals surface area contributed by atoms with Crippen molar-refractivity contribution in [3.63, 3.8) is 0 Å². The van der Waals surface area contributed by atoms with E-state index in [0.717, 1.165) is 19.3 Å². The fourth-order valence-electron chi connectivity index (χ4n) is 2.86. The lowest BCUT2D eigenvalue weighted by molar-refractivity contribution is 0.232. The topological polar surface area (TPSA) is 63.6 Å². The van der Waals surface area contributed by atoms with Gasteiger partial charge in [-0.25, -0.2) is 4.18 Å². The molecule has 0 spiro atoms. The first-order valence-electron chi connectivity index (χ1n) is 9.75. The molecular formula is C18H37ClO4S. The van der Waals surface area contributed by atoms with Gasteiger partial charge in [-0.15, -0.1) is 0 Å². The van der Waals surface area contributed by atoms with Crippen molar-refractivity contribution in [1.82, 2.24) is 0 Å². The molecule has 0 bridgehead atoms. The van der Waals surface area contributed by atoms with Crippen LogP contribution in [0, 0.1) is 0 Å². The van der Waals surface area contributed by atoms with E-state index in [-0.39, 0.29) is 0 Å². The van der Waals surface area contributed by atoms with Gasteiger partial charge in [-0.3, -0.25) is 4.55 Å². The third kappa shape index (κ3) is 20.2. The number of hydrogen-bond acceptors (Lipinski definition) is 3. The molecule has 1 N–H and O–H groups in total. The highest BCUT2D eigenvalue weighted by molar-refractivity contribution is 7.80. The molecule has 0 aliphatic carbocycles. The summed E-state index contributed by atoms with van der Waals surface area (Å²) in [6.07, 6.45) is 19.7. The minimum atomic E-state index is -4.43. The zero-order valence-corrected chi connectivity index (χ0v) is 16.9. The van der Waals surface area contributed by atoms with Crippen molar-refractivity contribution in [3.05, 3.63) is 0 Å². The molecular weight excluding hydrogens is 348 g/mol. The molecule has 0 radical (unpaired) electrons. The lowest BCUT2D eigenvalue weighted by Gasteiger charge is -2.07. The van der Waals surface area contributed by atoms with Crippen molar-refractivity contribution in [2.24, 2.45) is 0 Å². The maximum absolute atomic E-state index is 10.5. The van der Waals surface area contributed by atoms with Crippen molar-refractivity contribution in [2.75, 3.05) is 0 Å². The molecule has 0 aliphatic heterocycles. The van der Waals surface area contributed by atoms with E-state index in [2.05, 4.69) is 11.1 Å². The Morgan fingerprint density at radius 3 is 1.42 bits per heavy atom. The second-order valence-electron chi connectivity index (χ2n) is 6.67. The highest BCUT2D eigenvalue weighted by atomic mass is 35.5. The minimum Gasteiger partial charge on any atom is -0.263 e. The summed E-state index contributed by atoms with van der Waals surface area (Å²) in [4.78, 5) is 0. The Hall–Kier alpha value is 0.160. The van der Waals surface area contributed by atoms with Crippen LogP contribution in [-0.4, -0.2) is 18.5 Å². The van der Waals surface area contributed by atoms with Gasteiger partial charge in [-0.05, 0) is 12.8 Å². The zero-order chi connectivity index (χ0) is 18.1. The second kappa shape index (κ2) is 16.6. The Labute approximate surface area is 154 Å². The van der Waals surface area contributed by atoms with Gasteiger partial charge in [-0.1, -0.05) is 108 Å². The van der Waals surface area contributed by atoms with Crippen LogP contribution in [0.3, 0.4) is 0 Å². The highest BCUT2D eigenvalue weighted by Gasteiger charge is 2.13. The first-order chi connectivity index (χ1) is 11.5. The highest BCUT2D eigenvalue weighted by Crippen LogP contribution is 2.16. The molecule has 0 aromatic rings. The van der Waals surface area contributed by atoms with Crippen LogP contribution >= 0.6 is 11.6 Å². The average Bonchev–Trinajstić information content (AvgIpc) is 2.49. The first-order valence-corrected chi connectivity index (χ1v) is 11.6. The van der Waals surface area contributed by atoms with E-state index >= 15 is 0 Å². The lowest BCUT2D eigenvalue weighted by Crippen LogP contribution is -2.11. The molecule has 0 saturated carbocycles. The fourth-order valence-corrected chi connectivity index (χ4v) is 3.65. The first kappa shape index (κ1) is 24.2. The van der Waals surface area contributed by atoms with E-state index in [1.165, 1.54) is 77.0 Å². The SMILES string of the molecule is CCCCCCCCCCCCCCCCCC(Cl)OS(=O)(=O)O. The minimum absolute atomic E-state index is 0.444. The largest absolute Gasteiger partial charge is 0.398 e. The van der Waals surface area contributed by atoms with E-state index < -0.39 is 16.0 Å². The lowest BCUT2D eigenvalue weighted by atomic mass is 10.0. The summed E-state index contributed by atoms with van der Waals surface area (Å²) in [6.45, 7) is 2.26. The summed E-state index contributed by atoms with van der Waals surface area (Å²) < 4.78 is 33.6. The van der Waals surface area contributed by atoms with Crippen LogP contribution < -0.4 is 0 Å². The number of unbranched alkanes of at least 4 members (excludes halogenated alkanes) is 14. The van der Waals surface area contributed by atoms with E-state index in [9.17, 15) is 8.42 Å². The number of halogens is 1. The Kier molecular flexibility index (Phi) is 16.7. The molecule has 0 saturated heterocycles. The molecule has 0 fully saturated rings. The van der Waals surface area contributed by atoms with Gasteiger partial charge in [0.1, 0.15) is 0 Å². The Morgan fingerprint density at radius 2 is 1.08 bits per heavy atom. The number of rotatable bonds is 18. The van der Waals surface area contributed by atoms with E-state index in [0.29, 0.717) is 6.42 Å². The summed E-state index contributed by atoms with van der Waals surface area (Å²) in [5, 5.41) is 0. The monoisotopic (exact) mass is 384 g/mol. The smallest absolute Gasteiger partial charge is 0.263 e. The second-order valence-corrected chi connectivity index (χ2v) is 8.21. The van der Waals surface area contributed by atoms with Gasteiger partial charge in [-0.2, -0.15) is 8.42 Å². The molecule has 146 valence electrons. The van der Waals surface area contributed by atoms with Gasteiger partial charge in [0.15, 0.2) is 5.56 Å². The molecule has 0 heterocycles. The van der Waals surface area contributed by atoms with Gasteiger partial charge in [0.25, 0.3) is 0 Å². The van der Waals surface area contributed by atoms with Crippen LogP contribution in [0.2, 0.25) is 0 Å². The Bertz CT molecular complexity index is 360. The summed E-state index contributed by atoms with van der Waals surface area (Å²) in [6, 6.07) is 0. The maximum atomic E-state index is 10.5. The van der Waals surface area contributed by atoms with Crippen LogP contribution in [0.25, 0.3) is 0 Å². The summed E-state index contributed by atoms with van der Waals surface area (Å²) in [5.41, 5.74) is -0.957. The standard InChI is InChI=1S/C18H37ClO4S/c1-2-3-4-5-6-7-8-9-10-11-12-13-14-15-16-17-18(19)23-24(20,21)22/h18H,2-17H2,1H3,(H,20,21,22). The Balaban J connectivity index is 3.15. The third-order valence-corrected chi connectivity index (χ3v) is 5.15. The van der Waals surface area contributed by atoms with Gasteiger partial charge < -0.3 is 0 Å². The molecule has 0 amide bonds. The van der Waals surface area contributed by atoms with Crippen molar-refractivity contribution >= 4 is 22.0 Å². The van der Waals surface area contributed by atoms with Crippen molar-refractivity contribution in [1.29, 1.82) is 0 Å². The van der Waals surface area contributed by atoms with Gasteiger partial charge in [0.05, 0.1) is 0 Å². The molecule has 4 nitrogen and oxygen atoms in total. The molecule has 6 heteroatoms. The summed E-state index contributed by atoms with van der Waals surface area (Å²) in [5.74, 6) is 0. The maximum Gasteiger partial charge on any atom is 0.398 e. The molecule has 0 aliphatic rings. The van der Waals surface area contributed by atoms with Gasteiger partial charge in [0.2, 0.25) is 0 Å². The third-order valence-electron chi connectivity index (χ3n) is 4.26. The molecule has 0 aromatic carbocycles. The molecule has 0 aromatic heterocycles. The quantitative estimate of drug-likeness (QED) is 0.163. The van der Waals surface area contributed by atoms with E-state index in [4.69, 9.17) is 16.2 Å². The van der Waals surface area contributed by atoms with Crippen molar-refractivity contribution in [3.8, 4) is 0 Å². The van der Waals surface area contributed by atoms with Crippen LogP contribution in [0.1, 0.15) is 110 Å².